The third kappa shape index (κ3) is 4.64. The number of hydrogen-bond donors (Lipinski definition) is 0. The molecule has 0 N–H and O–H groups in total. The maximum Gasteiger partial charge on any atom is 0.0230 e. The second-order valence-corrected chi connectivity index (χ2v) is 11.7. The molecular weight excluding hydrogens is 530 g/mol. The molecule has 208 valence electrons. The summed E-state index contributed by atoms with van der Waals surface area (Å²) in [5.41, 5.74) is 9.73. The third-order valence-corrected chi connectivity index (χ3v) is 8.91. The number of aliphatic imine (C=N–C) groups is 1. The fourth-order valence-corrected chi connectivity index (χ4v) is 6.77. The van der Waals surface area contributed by atoms with Crippen LogP contribution in [0.2, 0.25) is 0 Å². The van der Waals surface area contributed by atoms with Crippen molar-refractivity contribution in [2.24, 2.45) is 10.9 Å². The highest BCUT2D eigenvalue weighted by Gasteiger charge is 2.17. The summed E-state index contributed by atoms with van der Waals surface area (Å²) < 4.78 is 0. The predicted molar refractivity (Wildman–Crippen MR) is 190 cm³/mol. The first-order valence-electron chi connectivity index (χ1n) is 15.2. The van der Waals surface area contributed by atoms with Gasteiger partial charge in [0.15, 0.2) is 0 Å². The molecule has 1 aliphatic carbocycles. The first-order valence-corrected chi connectivity index (χ1v) is 15.2. The fraction of sp³-hybridized carbons (Fsp3) is 0.0465. The molecule has 0 saturated carbocycles. The van der Waals surface area contributed by atoms with Crippen LogP contribution >= 0.6 is 0 Å². The molecule has 2 aliphatic rings. The van der Waals surface area contributed by atoms with Gasteiger partial charge in [-0.1, -0.05) is 134 Å². The van der Waals surface area contributed by atoms with Crippen LogP contribution < -0.4 is 0 Å². The van der Waals surface area contributed by atoms with Crippen LogP contribution in [0.15, 0.2) is 175 Å². The lowest BCUT2D eigenvalue weighted by atomic mass is 9.85. The Morgan fingerprint density at radius 1 is 0.568 bits per heavy atom. The topological polar surface area (TPSA) is 12.4 Å². The molecule has 0 radical (unpaired) electrons. The highest BCUT2D eigenvalue weighted by atomic mass is 14.7. The largest absolute Gasteiger partial charge is 0.269 e. The van der Waals surface area contributed by atoms with Crippen LogP contribution in [-0.4, -0.2) is 6.21 Å². The van der Waals surface area contributed by atoms with E-state index in [4.69, 9.17) is 0 Å². The Hall–Kier alpha value is -5.53. The van der Waals surface area contributed by atoms with Crippen LogP contribution in [0.4, 0.5) is 0 Å². The molecule has 0 spiro atoms. The lowest BCUT2D eigenvalue weighted by Gasteiger charge is -2.18. The molecule has 1 heteroatoms. The summed E-state index contributed by atoms with van der Waals surface area (Å²) in [6, 6.07) is 42.2. The monoisotopic (exact) mass is 561 g/mol. The molecule has 8 rings (SSSR count). The molecule has 1 nitrogen and oxygen atoms in total. The molecule has 0 amide bonds. The van der Waals surface area contributed by atoms with Crippen LogP contribution in [0.5, 0.6) is 0 Å². The molecule has 0 bridgehead atoms. The summed E-state index contributed by atoms with van der Waals surface area (Å²) in [6.45, 7) is 4.27. The van der Waals surface area contributed by atoms with Gasteiger partial charge in [-0.15, -0.1) is 0 Å². The van der Waals surface area contributed by atoms with Crippen LogP contribution in [0.3, 0.4) is 0 Å². The van der Waals surface area contributed by atoms with Gasteiger partial charge in [-0.25, -0.2) is 0 Å². The van der Waals surface area contributed by atoms with E-state index in [1.54, 1.807) is 0 Å². The van der Waals surface area contributed by atoms with Gasteiger partial charge in [0, 0.05) is 18.3 Å². The van der Waals surface area contributed by atoms with Crippen molar-refractivity contribution in [1.29, 1.82) is 0 Å². The SMILES string of the molecule is C=C1C=CC(C2C=CN=CC2)=CC(c2ccc3cc(-c4c5ccccc5c(-c5ccccc5)c5ccccc45)ccc3c2)=C1. The third-order valence-electron chi connectivity index (χ3n) is 8.91. The number of allylic oxidation sites excluding steroid dienone is 8. The molecule has 0 saturated heterocycles. The first-order chi connectivity index (χ1) is 21.7. The van der Waals surface area contributed by atoms with Gasteiger partial charge in [-0.2, -0.15) is 0 Å². The molecule has 6 aromatic rings. The van der Waals surface area contributed by atoms with Crippen LogP contribution in [0.25, 0.3) is 60.1 Å². The minimum absolute atomic E-state index is 0.332. The van der Waals surface area contributed by atoms with Crippen molar-refractivity contribution in [3.8, 4) is 22.3 Å². The van der Waals surface area contributed by atoms with E-state index in [1.165, 1.54) is 71.3 Å². The highest BCUT2D eigenvalue weighted by Crippen LogP contribution is 2.44. The van der Waals surface area contributed by atoms with Gasteiger partial charge in [0.25, 0.3) is 0 Å². The van der Waals surface area contributed by atoms with Crippen molar-refractivity contribution in [3.63, 3.8) is 0 Å². The predicted octanol–water partition coefficient (Wildman–Crippen LogP) is 11.5. The first kappa shape index (κ1) is 26.1. The molecule has 1 unspecified atom stereocenters. The van der Waals surface area contributed by atoms with Crippen molar-refractivity contribution in [3.05, 3.63) is 175 Å². The maximum absolute atomic E-state index is 4.27. The summed E-state index contributed by atoms with van der Waals surface area (Å²) in [4.78, 5) is 4.26. The summed E-state index contributed by atoms with van der Waals surface area (Å²) in [5, 5.41) is 7.56. The van der Waals surface area contributed by atoms with E-state index >= 15 is 0 Å². The van der Waals surface area contributed by atoms with Crippen molar-refractivity contribution in [2.75, 3.05) is 0 Å². The van der Waals surface area contributed by atoms with E-state index in [0.29, 0.717) is 5.92 Å². The normalized spacial score (nSPS) is 16.4. The smallest absolute Gasteiger partial charge is 0.0230 e. The summed E-state index contributed by atoms with van der Waals surface area (Å²) in [5.74, 6) is 0.332. The van der Waals surface area contributed by atoms with Gasteiger partial charge in [0.2, 0.25) is 0 Å². The van der Waals surface area contributed by atoms with E-state index in [1.807, 2.05) is 12.4 Å². The van der Waals surface area contributed by atoms with E-state index in [-0.39, 0.29) is 0 Å². The molecule has 1 heterocycles. The van der Waals surface area contributed by atoms with Gasteiger partial charge in [0.05, 0.1) is 0 Å². The molecule has 1 atom stereocenters. The summed E-state index contributed by atoms with van der Waals surface area (Å²) >= 11 is 0. The quantitative estimate of drug-likeness (QED) is 0.190. The molecule has 1 aliphatic heterocycles. The van der Waals surface area contributed by atoms with Gasteiger partial charge in [-0.05, 0) is 101 Å². The average molecular weight is 562 g/mol. The Morgan fingerprint density at radius 2 is 1.16 bits per heavy atom. The highest BCUT2D eigenvalue weighted by molar-refractivity contribution is 6.21. The second-order valence-electron chi connectivity index (χ2n) is 11.7. The van der Waals surface area contributed by atoms with E-state index in [9.17, 15) is 0 Å². The Bertz CT molecular complexity index is 2200. The van der Waals surface area contributed by atoms with Crippen molar-refractivity contribution >= 4 is 44.1 Å². The number of nitrogens with zero attached hydrogens (tertiary/aromatic N) is 1. The van der Waals surface area contributed by atoms with Gasteiger partial charge >= 0.3 is 0 Å². The van der Waals surface area contributed by atoms with E-state index in [2.05, 4.69) is 157 Å². The molecule has 0 fully saturated rings. The molecule has 44 heavy (non-hydrogen) atoms. The zero-order chi connectivity index (χ0) is 29.5. The standard InChI is InChI=1S/C43H31N/c1-29-15-16-32(30-21-23-44-24-22-30)28-37(25-29)35-18-17-34-27-36(20-19-33(34)26-35)43-40-13-7-5-11-38(40)42(31-9-3-2-4-10-31)39-12-6-8-14-41(39)43/h2-21,23-28,30H,1,22H2. The minimum atomic E-state index is 0.332. The summed E-state index contributed by atoms with van der Waals surface area (Å²) in [6.07, 6.45) is 15.8. The average Bonchev–Trinajstić information content (AvgIpc) is 3.29. The number of rotatable bonds is 4. The molecular formula is C43H31N. The summed E-state index contributed by atoms with van der Waals surface area (Å²) in [7, 11) is 0. The Kier molecular flexibility index (Phi) is 6.50. The lowest BCUT2D eigenvalue weighted by Crippen LogP contribution is -2.03. The van der Waals surface area contributed by atoms with Crippen LogP contribution in [0.1, 0.15) is 12.0 Å². The Balaban J connectivity index is 1.26. The van der Waals surface area contributed by atoms with Gasteiger partial charge < -0.3 is 0 Å². The lowest BCUT2D eigenvalue weighted by molar-refractivity contribution is 0.818. The molecule has 0 aromatic heterocycles. The number of benzene rings is 6. The van der Waals surface area contributed by atoms with Crippen LogP contribution in [-0.2, 0) is 0 Å². The van der Waals surface area contributed by atoms with E-state index in [0.717, 1.165) is 12.0 Å². The Labute approximate surface area is 258 Å². The Morgan fingerprint density at radius 3 is 1.80 bits per heavy atom. The van der Waals surface area contributed by atoms with Crippen molar-refractivity contribution in [1.82, 2.24) is 0 Å². The van der Waals surface area contributed by atoms with Crippen LogP contribution in [0, 0.1) is 5.92 Å². The zero-order valence-electron chi connectivity index (χ0n) is 24.4. The fourth-order valence-electron chi connectivity index (χ4n) is 6.77. The minimum Gasteiger partial charge on any atom is -0.269 e. The maximum atomic E-state index is 4.27. The number of hydrogen-bond acceptors (Lipinski definition) is 1. The van der Waals surface area contributed by atoms with Crippen molar-refractivity contribution < 1.29 is 0 Å². The molecule has 6 aromatic carbocycles. The van der Waals surface area contributed by atoms with Gasteiger partial charge in [0.1, 0.15) is 0 Å². The van der Waals surface area contributed by atoms with Crippen molar-refractivity contribution in [2.45, 2.75) is 6.42 Å². The zero-order valence-corrected chi connectivity index (χ0v) is 24.4. The number of fused-ring (bicyclic) bond motifs is 3. The van der Waals surface area contributed by atoms with E-state index < -0.39 is 0 Å². The second kappa shape index (κ2) is 10.9. The van der Waals surface area contributed by atoms with Gasteiger partial charge in [-0.3, -0.25) is 4.99 Å².